The molecular formula is C15H28N4O6S2. The highest BCUT2D eigenvalue weighted by molar-refractivity contribution is 7.80. The number of rotatable bonds is 12. The lowest BCUT2D eigenvalue weighted by Crippen LogP contribution is -2.59. The van der Waals surface area contributed by atoms with Gasteiger partial charge in [-0.25, -0.2) is 4.79 Å². The Bertz CT molecular complexity index is 536. The largest absolute Gasteiger partial charge is 0.480 e. The summed E-state index contributed by atoms with van der Waals surface area (Å²) in [5.74, 6) is -3.82. The lowest BCUT2D eigenvalue weighted by atomic mass is 9.97. The van der Waals surface area contributed by atoms with E-state index in [1.54, 1.807) is 6.92 Å². The van der Waals surface area contributed by atoms with Gasteiger partial charge in [0.15, 0.2) is 0 Å². The second-order valence-electron chi connectivity index (χ2n) is 5.99. The Labute approximate surface area is 168 Å². The van der Waals surface area contributed by atoms with E-state index in [0.717, 1.165) is 0 Å². The molecule has 12 heteroatoms. The summed E-state index contributed by atoms with van der Waals surface area (Å²) in [7, 11) is 0. The molecule has 0 aromatic heterocycles. The van der Waals surface area contributed by atoms with E-state index in [9.17, 15) is 24.3 Å². The van der Waals surface area contributed by atoms with Crippen LogP contribution >= 0.6 is 25.3 Å². The van der Waals surface area contributed by atoms with Crippen LogP contribution in [-0.2, 0) is 19.2 Å². The lowest BCUT2D eigenvalue weighted by molar-refractivity contribution is -0.142. The summed E-state index contributed by atoms with van der Waals surface area (Å²) >= 11 is 7.76. The first-order chi connectivity index (χ1) is 12.6. The Balaban J connectivity index is 5.17. The fourth-order valence-electron chi connectivity index (χ4n) is 1.96. The van der Waals surface area contributed by atoms with Gasteiger partial charge in [-0.3, -0.25) is 14.4 Å². The molecule has 0 aromatic rings. The molecule has 0 rings (SSSR count). The third kappa shape index (κ3) is 8.37. The summed E-state index contributed by atoms with van der Waals surface area (Å²) in [6.45, 7) is 2.79. The number of hydrogen-bond acceptors (Lipinski definition) is 8. The van der Waals surface area contributed by atoms with Crippen molar-refractivity contribution in [1.29, 1.82) is 0 Å². The predicted molar refractivity (Wildman–Crippen MR) is 106 cm³/mol. The average molecular weight is 425 g/mol. The molecule has 0 aliphatic carbocycles. The zero-order chi connectivity index (χ0) is 21.1. The number of aliphatic hydroxyl groups is 1. The van der Waals surface area contributed by atoms with Crippen LogP contribution in [0.5, 0.6) is 0 Å². The number of carboxylic acid groups (broad SMARTS) is 1. The van der Waals surface area contributed by atoms with Gasteiger partial charge in [0.05, 0.1) is 12.6 Å². The average Bonchev–Trinajstić information content (AvgIpc) is 2.65. The lowest BCUT2D eigenvalue weighted by Gasteiger charge is -2.27. The number of aliphatic hydroxyl groups excluding tert-OH is 1. The second kappa shape index (κ2) is 12.8. The summed E-state index contributed by atoms with van der Waals surface area (Å²) in [5.41, 5.74) is 5.59. The Kier molecular flexibility index (Phi) is 12.1. The van der Waals surface area contributed by atoms with Crippen molar-refractivity contribution in [2.24, 2.45) is 11.7 Å². The van der Waals surface area contributed by atoms with Gasteiger partial charge in [0.1, 0.15) is 18.1 Å². The van der Waals surface area contributed by atoms with Gasteiger partial charge in [-0.1, -0.05) is 20.3 Å². The fraction of sp³-hybridized carbons (Fsp3) is 0.733. The molecule has 7 N–H and O–H groups in total. The van der Waals surface area contributed by atoms with Crippen LogP contribution in [0.4, 0.5) is 0 Å². The molecule has 0 aliphatic rings. The molecule has 5 unspecified atom stereocenters. The van der Waals surface area contributed by atoms with E-state index >= 15 is 0 Å². The maximum absolute atomic E-state index is 12.5. The normalized spacial score (nSPS) is 16.4. The van der Waals surface area contributed by atoms with E-state index in [1.807, 2.05) is 6.92 Å². The zero-order valence-electron chi connectivity index (χ0n) is 15.2. The molecule has 0 radical (unpaired) electrons. The number of nitrogens with one attached hydrogen (secondary N) is 3. The third-order valence-corrected chi connectivity index (χ3v) is 4.70. The number of nitrogens with two attached hydrogens (primary N) is 1. The molecule has 3 amide bonds. The molecule has 0 aromatic carbocycles. The van der Waals surface area contributed by atoms with E-state index in [4.69, 9.17) is 10.8 Å². The van der Waals surface area contributed by atoms with Crippen LogP contribution in [0.25, 0.3) is 0 Å². The molecule has 5 atom stereocenters. The summed E-state index contributed by atoms with van der Waals surface area (Å²) in [4.78, 5) is 47.6. The molecule has 0 spiro atoms. The maximum Gasteiger partial charge on any atom is 0.327 e. The first-order valence-corrected chi connectivity index (χ1v) is 9.61. The van der Waals surface area contributed by atoms with Crippen molar-refractivity contribution >= 4 is 48.9 Å². The molecule has 0 heterocycles. The van der Waals surface area contributed by atoms with Crippen LogP contribution in [0.15, 0.2) is 0 Å². The van der Waals surface area contributed by atoms with Crippen molar-refractivity contribution in [1.82, 2.24) is 16.0 Å². The minimum Gasteiger partial charge on any atom is -0.480 e. The molecule has 156 valence electrons. The number of hydrogen-bond donors (Lipinski definition) is 8. The van der Waals surface area contributed by atoms with E-state index in [2.05, 4.69) is 41.2 Å². The summed E-state index contributed by atoms with van der Waals surface area (Å²) < 4.78 is 0. The van der Waals surface area contributed by atoms with Crippen molar-refractivity contribution in [3.8, 4) is 0 Å². The van der Waals surface area contributed by atoms with Crippen LogP contribution in [0, 0.1) is 5.92 Å². The molecule has 0 bridgehead atoms. The number of carbonyl (C=O) groups is 4. The Morgan fingerprint density at radius 3 is 1.93 bits per heavy atom. The summed E-state index contributed by atoms with van der Waals surface area (Å²) in [6, 6.07) is -4.56. The van der Waals surface area contributed by atoms with Gasteiger partial charge in [0.2, 0.25) is 17.7 Å². The van der Waals surface area contributed by atoms with Gasteiger partial charge < -0.3 is 31.9 Å². The number of carbonyl (C=O) groups excluding carboxylic acids is 3. The Morgan fingerprint density at radius 2 is 1.52 bits per heavy atom. The standard InChI is InChI=1S/C15H28N4O6S2/c1-3-7(2)11(19-12(21)8(16)5-26)14(23)17-9(4-20)13(22)18-10(6-27)15(24)25/h7-11,20,26-27H,3-6,16H2,1-2H3,(H,17,23)(H,18,22)(H,19,21)(H,24,25). The third-order valence-electron chi connectivity index (χ3n) is 3.94. The number of amides is 3. The number of thiol groups is 2. The highest BCUT2D eigenvalue weighted by atomic mass is 32.1. The SMILES string of the molecule is CCC(C)C(NC(=O)C(N)CS)C(=O)NC(CO)C(=O)NC(CS)C(=O)O. The summed E-state index contributed by atoms with van der Waals surface area (Å²) in [5, 5.41) is 25.3. The monoisotopic (exact) mass is 424 g/mol. The fourth-order valence-corrected chi connectivity index (χ4v) is 2.37. The van der Waals surface area contributed by atoms with Crippen molar-refractivity contribution in [2.45, 2.75) is 44.4 Å². The molecule has 0 saturated heterocycles. The van der Waals surface area contributed by atoms with Crippen LogP contribution in [0.1, 0.15) is 20.3 Å². The first kappa shape index (κ1) is 25.5. The Morgan fingerprint density at radius 1 is 0.963 bits per heavy atom. The second-order valence-corrected chi connectivity index (χ2v) is 6.72. The van der Waals surface area contributed by atoms with Crippen LogP contribution in [0.2, 0.25) is 0 Å². The van der Waals surface area contributed by atoms with E-state index in [-0.39, 0.29) is 17.4 Å². The van der Waals surface area contributed by atoms with Gasteiger partial charge in [-0.05, 0) is 5.92 Å². The first-order valence-electron chi connectivity index (χ1n) is 8.34. The molecule has 0 saturated carbocycles. The molecule has 10 nitrogen and oxygen atoms in total. The topological polar surface area (TPSA) is 171 Å². The van der Waals surface area contributed by atoms with Gasteiger partial charge >= 0.3 is 5.97 Å². The van der Waals surface area contributed by atoms with Crippen LogP contribution < -0.4 is 21.7 Å². The molecule has 27 heavy (non-hydrogen) atoms. The highest BCUT2D eigenvalue weighted by Gasteiger charge is 2.31. The zero-order valence-corrected chi connectivity index (χ0v) is 17.0. The van der Waals surface area contributed by atoms with Gasteiger partial charge in [0.25, 0.3) is 0 Å². The van der Waals surface area contributed by atoms with Crippen LogP contribution in [0.3, 0.4) is 0 Å². The molecular weight excluding hydrogens is 396 g/mol. The minimum atomic E-state index is -1.39. The molecule has 0 aliphatic heterocycles. The van der Waals surface area contributed by atoms with E-state index in [1.165, 1.54) is 0 Å². The van der Waals surface area contributed by atoms with E-state index in [0.29, 0.717) is 6.42 Å². The molecule has 0 fully saturated rings. The van der Waals surface area contributed by atoms with Crippen molar-refractivity contribution in [2.75, 3.05) is 18.1 Å². The Hall–Kier alpha value is -1.50. The van der Waals surface area contributed by atoms with Crippen LogP contribution in [-0.4, -0.2) is 76.2 Å². The highest BCUT2D eigenvalue weighted by Crippen LogP contribution is 2.09. The minimum absolute atomic E-state index is 0.0860. The van der Waals surface area contributed by atoms with Crippen molar-refractivity contribution in [3.05, 3.63) is 0 Å². The smallest absolute Gasteiger partial charge is 0.327 e. The quantitative estimate of drug-likeness (QED) is 0.164. The number of aliphatic carboxylic acids is 1. The van der Waals surface area contributed by atoms with Crippen molar-refractivity contribution < 1.29 is 29.4 Å². The summed E-state index contributed by atoms with van der Waals surface area (Å²) in [6.07, 6.45) is 0.547. The van der Waals surface area contributed by atoms with Gasteiger partial charge in [-0.15, -0.1) is 0 Å². The van der Waals surface area contributed by atoms with Crippen molar-refractivity contribution in [3.63, 3.8) is 0 Å². The maximum atomic E-state index is 12.5. The number of carboxylic acids is 1. The predicted octanol–water partition coefficient (Wildman–Crippen LogP) is -2.25. The van der Waals surface area contributed by atoms with Gasteiger partial charge in [0, 0.05) is 11.5 Å². The van der Waals surface area contributed by atoms with Gasteiger partial charge in [-0.2, -0.15) is 25.3 Å². The van der Waals surface area contributed by atoms with E-state index < -0.39 is 54.5 Å².